The Morgan fingerprint density at radius 1 is 1.53 bits per heavy atom. The highest BCUT2D eigenvalue weighted by Crippen LogP contribution is 2.17. The standard InChI is InChI=1S/C12H13N3O2/c16-12(9-3-6-17-8-9)14-10-2-5-15-11(7-10)1-4-13-15/h1-2,4-5,7,9H,3,6,8H2,(H,14,16). The van der Waals surface area contributed by atoms with Gasteiger partial charge in [0, 0.05) is 24.7 Å². The van der Waals surface area contributed by atoms with Gasteiger partial charge in [0.05, 0.1) is 18.0 Å². The molecule has 1 N–H and O–H groups in total. The number of aromatic nitrogens is 2. The van der Waals surface area contributed by atoms with Crippen molar-refractivity contribution >= 4 is 17.1 Å². The average Bonchev–Trinajstić information content (AvgIpc) is 2.99. The van der Waals surface area contributed by atoms with Gasteiger partial charge in [0.2, 0.25) is 5.91 Å². The van der Waals surface area contributed by atoms with Crippen molar-refractivity contribution in [3.63, 3.8) is 0 Å². The van der Waals surface area contributed by atoms with E-state index in [0.717, 1.165) is 17.6 Å². The second-order valence-corrected chi connectivity index (χ2v) is 4.17. The zero-order chi connectivity index (χ0) is 11.7. The first-order valence-corrected chi connectivity index (χ1v) is 5.65. The second kappa shape index (κ2) is 4.18. The molecule has 0 spiro atoms. The van der Waals surface area contributed by atoms with Crippen molar-refractivity contribution in [3.8, 4) is 0 Å². The molecule has 0 radical (unpaired) electrons. The number of anilines is 1. The minimum atomic E-state index is -0.0175. The summed E-state index contributed by atoms with van der Waals surface area (Å²) in [6.07, 6.45) is 4.36. The van der Waals surface area contributed by atoms with Crippen LogP contribution in [0.25, 0.3) is 5.52 Å². The van der Waals surface area contributed by atoms with Gasteiger partial charge in [-0.15, -0.1) is 0 Å². The van der Waals surface area contributed by atoms with Crippen LogP contribution in [0.3, 0.4) is 0 Å². The minimum absolute atomic E-state index is 0.0175. The highest BCUT2D eigenvalue weighted by atomic mass is 16.5. The molecule has 0 bridgehead atoms. The molecule has 5 nitrogen and oxygen atoms in total. The molecule has 3 heterocycles. The topological polar surface area (TPSA) is 55.6 Å². The van der Waals surface area contributed by atoms with Crippen LogP contribution < -0.4 is 5.32 Å². The van der Waals surface area contributed by atoms with E-state index in [9.17, 15) is 4.79 Å². The molecule has 0 aromatic carbocycles. The first-order chi connectivity index (χ1) is 8.33. The van der Waals surface area contributed by atoms with Crippen molar-refractivity contribution in [3.05, 3.63) is 30.6 Å². The van der Waals surface area contributed by atoms with Crippen LogP contribution in [0.2, 0.25) is 0 Å². The van der Waals surface area contributed by atoms with E-state index in [0.29, 0.717) is 13.2 Å². The fourth-order valence-electron chi connectivity index (χ4n) is 1.99. The lowest BCUT2D eigenvalue weighted by atomic mass is 10.1. The van der Waals surface area contributed by atoms with E-state index in [-0.39, 0.29) is 11.8 Å². The van der Waals surface area contributed by atoms with Crippen molar-refractivity contribution in [1.29, 1.82) is 0 Å². The van der Waals surface area contributed by atoms with Gasteiger partial charge in [-0.3, -0.25) is 4.79 Å². The minimum Gasteiger partial charge on any atom is -0.381 e. The normalized spacial score (nSPS) is 19.6. The molecule has 2 aromatic rings. The van der Waals surface area contributed by atoms with Crippen LogP contribution >= 0.6 is 0 Å². The van der Waals surface area contributed by atoms with Gasteiger partial charge in [-0.2, -0.15) is 5.10 Å². The monoisotopic (exact) mass is 231 g/mol. The number of carbonyl (C=O) groups excluding carboxylic acids is 1. The number of rotatable bonds is 2. The van der Waals surface area contributed by atoms with Gasteiger partial charge in [0.1, 0.15) is 0 Å². The van der Waals surface area contributed by atoms with Gasteiger partial charge in [-0.25, -0.2) is 4.52 Å². The molecule has 5 heteroatoms. The van der Waals surface area contributed by atoms with Crippen molar-refractivity contribution in [2.24, 2.45) is 5.92 Å². The molecule has 3 rings (SSSR count). The van der Waals surface area contributed by atoms with Crippen molar-refractivity contribution in [2.75, 3.05) is 18.5 Å². The van der Waals surface area contributed by atoms with Gasteiger partial charge in [-0.1, -0.05) is 0 Å². The summed E-state index contributed by atoms with van der Waals surface area (Å²) < 4.78 is 6.96. The lowest BCUT2D eigenvalue weighted by molar-refractivity contribution is -0.119. The number of hydrogen-bond donors (Lipinski definition) is 1. The Kier molecular flexibility index (Phi) is 2.53. The molecule has 1 amide bonds. The lowest BCUT2D eigenvalue weighted by Crippen LogP contribution is -2.22. The van der Waals surface area contributed by atoms with Crippen molar-refractivity contribution in [1.82, 2.24) is 9.61 Å². The summed E-state index contributed by atoms with van der Waals surface area (Å²) in [5.41, 5.74) is 1.76. The van der Waals surface area contributed by atoms with Crippen molar-refractivity contribution < 1.29 is 9.53 Å². The number of nitrogens with zero attached hydrogens (tertiary/aromatic N) is 2. The molecule has 17 heavy (non-hydrogen) atoms. The van der Waals surface area contributed by atoms with E-state index >= 15 is 0 Å². The van der Waals surface area contributed by atoms with Gasteiger partial charge in [0.25, 0.3) is 0 Å². The Balaban J connectivity index is 1.77. The molecule has 1 atom stereocenters. The predicted molar refractivity (Wildman–Crippen MR) is 62.7 cm³/mol. The van der Waals surface area contributed by atoms with Gasteiger partial charge >= 0.3 is 0 Å². The van der Waals surface area contributed by atoms with Crippen LogP contribution in [-0.4, -0.2) is 28.7 Å². The van der Waals surface area contributed by atoms with E-state index in [1.54, 1.807) is 10.7 Å². The number of ether oxygens (including phenoxy) is 1. The van der Waals surface area contributed by atoms with Crippen LogP contribution in [0.5, 0.6) is 0 Å². The Labute approximate surface area is 98.4 Å². The maximum atomic E-state index is 11.9. The van der Waals surface area contributed by atoms with Gasteiger partial charge in [0.15, 0.2) is 0 Å². The quantitative estimate of drug-likeness (QED) is 0.847. The molecule has 1 fully saturated rings. The van der Waals surface area contributed by atoms with Crippen LogP contribution in [0.1, 0.15) is 6.42 Å². The Morgan fingerprint density at radius 2 is 2.47 bits per heavy atom. The Hall–Kier alpha value is -1.88. The summed E-state index contributed by atoms with van der Waals surface area (Å²) >= 11 is 0. The number of pyridine rings is 1. The maximum Gasteiger partial charge on any atom is 0.229 e. The summed E-state index contributed by atoms with van der Waals surface area (Å²) in [6.45, 7) is 1.21. The number of carbonyl (C=O) groups is 1. The van der Waals surface area contributed by atoms with Crippen LogP contribution in [0.4, 0.5) is 5.69 Å². The molecule has 1 saturated heterocycles. The zero-order valence-electron chi connectivity index (χ0n) is 9.30. The molecule has 2 aromatic heterocycles. The first kappa shape index (κ1) is 10.3. The molecule has 88 valence electrons. The summed E-state index contributed by atoms with van der Waals surface area (Å²) in [7, 11) is 0. The maximum absolute atomic E-state index is 11.9. The summed E-state index contributed by atoms with van der Waals surface area (Å²) in [6, 6.07) is 5.64. The number of hydrogen-bond acceptors (Lipinski definition) is 3. The molecular formula is C12H13N3O2. The second-order valence-electron chi connectivity index (χ2n) is 4.17. The Morgan fingerprint density at radius 3 is 3.29 bits per heavy atom. The smallest absolute Gasteiger partial charge is 0.229 e. The van der Waals surface area contributed by atoms with E-state index in [4.69, 9.17) is 4.74 Å². The molecule has 1 aliphatic heterocycles. The predicted octanol–water partition coefficient (Wildman–Crippen LogP) is 1.31. The zero-order valence-corrected chi connectivity index (χ0v) is 9.30. The third-order valence-corrected chi connectivity index (χ3v) is 2.97. The summed E-state index contributed by atoms with van der Waals surface area (Å²) in [4.78, 5) is 11.9. The van der Waals surface area contributed by atoms with Crippen molar-refractivity contribution in [2.45, 2.75) is 6.42 Å². The van der Waals surface area contributed by atoms with Crippen LogP contribution in [-0.2, 0) is 9.53 Å². The van der Waals surface area contributed by atoms with E-state index in [2.05, 4.69) is 10.4 Å². The number of fused-ring (bicyclic) bond motifs is 1. The Bertz CT molecular complexity index is 543. The summed E-state index contributed by atoms with van der Waals surface area (Å²) in [5.74, 6) is 0.0162. The highest BCUT2D eigenvalue weighted by molar-refractivity contribution is 5.93. The highest BCUT2D eigenvalue weighted by Gasteiger charge is 2.23. The van der Waals surface area contributed by atoms with E-state index < -0.39 is 0 Å². The molecule has 0 saturated carbocycles. The lowest BCUT2D eigenvalue weighted by Gasteiger charge is -2.09. The molecule has 1 aliphatic rings. The van der Waals surface area contributed by atoms with E-state index in [1.807, 2.05) is 24.4 Å². The first-order valence-electron chi connectivity index (χ1n) is 5.65. The molecule has 0 aliphatic carbocycles. The number of amides is 1. The molecular weight excluding hydrogens is 218 g/mol. The SMILES string of the molecule is O=C(Nc1ccn2nccc2c1)C1CCOC1. The van der Waals surface area contributed by atoms with Crippen LogP contribution in [0.15, 0.2) is 30.6 Å². The number of nitrogens with one attached hydrogen (secondary N) is 1. The largest absolute Gasteiger partial charge is 0.381 e. The molecule has 1 unspecified atom stereocenters. The fourth-order valence-corrected chi connectivity index (χ4v) is 1.99. The van der Waals surface area contributed by atoms with Gasteiger partial charge < -0.3 is 10.1 Å². The summed E-state index contributed by atoms with van der Waals surface area (Å²) in [5, 5.41) is 7.01. The van der Waals surface area contributed by atoms with Crippen LogP contribution in [0, 0.1) is 5.92 Å². The third kappa shape index (κ3) is 2.01. The average molecular weight is 231 g/mol. The third-order valence-electron chi connectivity index (χ3n) is 2.97. The van der Waals surface area contributed by atoms with E-state index in [1.165, 1.54) is 0 Å². The van der Waals surface area contributed by atoms with Gasteiger partial charge in [-0.05, 0) is 24.6 Å². The fraction of sp³-hybridized carbons (Fsp3) is 0.333.